The minimum atomic E-state index is -0.624. The minimum absolute atomic E-state index is 0. The largest absolute Gasteiger partial charge is 0.444 e. The van der Waals surface area contributed by atoms with E-state index in [1.54, 1.807) is 29.2 Å². The van der Waals surface area contributed by atoms with Crippen LogP contribution in [0.15, 0.2) is 54.6 Å². The number of piperidine rings is 3. The van der Waals surface area contributed by atoms with E-state index in [0.717, 1.165) is 98.9 Å². The Bertz CT molecular complexity index is 2350. The number of halogens is 3. The molecular weight excluding hydrogens is 987 g/mol. The first kappa shape index (κ1) is 58.1. The topological polar surface area (TPSA) is 156 Å². The molecule has 0 bridgehead atoms. The Balaban J connectivity index is 0.000000204. The zero-order valence-electron chi connectivity index (χ0n) is 42.7. The fourth-order valence-electron chi connectivity index (χ4n) is 11.5. The predicted octanol–water partition coefficient (Wildman–Crippen LogP) is 10.7. The van der Waals surface area contributed by atoms with Crippen LogP contribution in [0.5, 0.6) is 0 Å². The molecule has 1 radical (unpaired) electrons. The Hall–Kier alpha value is -3.76. The van der Waals surface area contributed by atoms with Crippen LogP contribution in [0.2, 0.25) is 0 Å². The van der Waals surface area contributed by atoms with Crippen molar-refractivity contribution in [1.82, 2.24) is 26.2 Å². The average Bonchev–Trinajstić information content (AvgIpc) is 3.79. The Labute approximate surface area is 445 Å². The number of nitrogens with zero attached hydrogens (tertiary/aromatic N) is 1. The molecule has 3 aromatic rings. The van der Waals surface area contributed by atoms with E-state index >= 15 is 0 Å². The number of fused-ring (bicyclic) bond motifs is 3. The SMILES string of the molecule is C.CC(C)(C)OC(=O)N[C@@H]1c2cc(F)ccc2CC12CCN(C(=O)OC(C)(C)C)CC2.CC(C)(C)OC(=O)N[C@@H]1c2cc(F)ccc2CC12CCNCC2.N[C@@H]1c2cc(F)ccc2CC12CCNCC2.[Y]. The minimum Gasteiger partial charge on any atom is -0.444 e. The molecule has 3 heterocycles. The van der Waals surface area contributed by atoms with Crippen molar-refractivity contribution in [2.45, 2.75) is 162 Å². The van der Waals surface area contributed by atoms with Gasteiger partial charge in [0.1, 0.15) is 34.3 Å². The van der Waals surface area contributed by atoms with Crippen LogP contribution in [0.1, 0.15) is 160 Å². The van der Waals surface area contributed by atoms with Gasteiger partial charge in [0.05, 0.1) is 12.1 Å². The molecule has 3 aromatic carbocycles. The standard InChI is InChI=1S/C23H33FN2O4.C18H25FN2O2.C13H17FN2.CH4.Y/c1-21(2,3)29-19(27)25-18-17-13-16(24)8-7-15(17)14-23(18)9-11-26(12-10-23)20(28)30-22(4,5)6;1-17(2,3)23-16(22)21-15-14-10-13(19)5-4-12(14)11-18(15)6-8-20-9-7-18;14-10-2-1-9-8-13(3-5-16-6-4-13)12(15)11(9)7-10;;/h7-8,13,18H,9-12,14H2,1-6H3,(H,25,27);4-5,10,15,20H,6-9,11H2,1-3H3,(H,21,22);1-2,7,12,16H,3-6,8,15H2;1H4;/t18-;15-;12-;;/m111../s1. The first-order valence-corrected chi connectivity index (χ1v) is 24.8. The van der Waals surface area contributed by atoms with E-state index in [1.807, 2.05) is 74.4 Å². The first-order valence-electron chi connectivity index (χ1n) is 24.8. The summed E-state index contributed by atoms with van der Waals surface area (Å²) in [6, 6.07) is 14.2. The van der Waals surface area contributed by atoms with Crippen LogP contribution in [0.4, 0.5) is 27.6 Å². The third kappa shape index (κ3) is 14.1. The summed E-state index contributed by atoms with van der Waals surface area (Å²) in [7, 11) is 0. The molecule has 9 rings (SSSR count). The Kier molecular flexibility index (Phi) is 18.7. The average molecular weight is 1070 g/mol. The maximum atomic E-state index is 14.0. The van der Waals surface area contributed by atoms with Crippen molar-refractivity contribution >= 4 is 18.3 Å². The van der Waals surface area contributed by atoms with Gasteiger partial charge in [-0.1, -0.05) is 25.6 Å². The van der Waals surface area contributed by atoms with Crippen LogP contribution < -0.4 is 27.0 Å². The molecule has 3 atom stereocenters. The summed E-state index contributed by atoms with van der Waals surface area (Å²) in [4.78, 5) is 39.0. The predicted molar refractivity (Wildman–Crippen MR) is 267 cm³/mol. The molecule has 0 saturated carbocycles. The normalized spacial score (nSPS) is 22.2. The van der Waals surface area contributed by atoms with E-state index in [1.165, 1.54) is 23.8 Å². The molecule has 3 aliphatic carbocycles. The molecule has 3 amide bonds. The summed E-state index contributed by atoms with van der Waals surface area (Å²) in [5.41, 5.74) is 10.6. The van der Waals surface area contributed by atoms with Gasteiger partial charge in [0.2, 0.25) is 0 Å². The van der Waals surface area contributed by atoms with Crippen LogP contribution in [-0.4, -0.2) is 79.3 Å². The fourth-order valence-corrected chi connectivity index (χ4v) is 11.5. The van der Waals surface area contributed by atoms with Crippen LogP contribution >= 0.6 is 0 Å². The molecule has 0 aromatic heterocycles. The number of hydrogen-bond donors (Lipinski definition) is 5. The number of carbonyl (C=O) groups is 3. The van der Waals surface area contributed by atoms with E-state index in [2.05, 4.69) is 21.3 Å². The van der Waals surface area contributed by atoms with Crippen molar-refractivity contribution in [2.24, 2.45) is 22.0 Å². The summed E-state index contributed by atoms with van der Waals surface area (Å²) in [6.07, 6.45) is 6.85. The van der Waals surface area contributed by atoms with Gasteiger partial charge in [-0.05, 0) is 221 Å². The maximum Gasteiger partial charge on any atom is 0.410 e. The summed E-state index contributed by atoms with van der Waals surface area (Å²) >= 11 is 0. The monoisotopic (exact) mass is 1070 g/mol. The molecule has 0 unspecified atom stereocenters. The van der Waals surface area contributed by atoms with Gasteiger partial charge >= 0.3 is 18.3 Å². The van der Waals surface area contributed by atoms with Crippen molar-refractivity contribution in [3.8, 4) is 0 Å². The number of hydrogen-bond acceptors (Lipinski definition) is 9. The maximum absolute atomic E-state index is 14.0. The molecule has 16 heteroatoms. The molecular formula is C55H79F3N6O6Y. The molecule has 71 heavy (non-hydrogen) atoms. The molecule has 6 N–H and O–H groups in total. The second-order valence-corrected chi connectivity index (χ2v) is 23.3. The van der Waals surface area contributed by atoms with Crippen LogP contribution in [0.3, 0.4) is 0 Å². The van der Waals surface area contributed by atoms with Crippen molar-refractivity contribution in [3.63, 3.8) is 0 Å². The van der Waals surface area contributed by atoms with Crippen molar-refractivity contribution in [2.75, 3.05) is 39.3 Å². The van der Waals surface area contributed by atoms with Gasteiger partial charge < -0.3 is 46.1 Å². The number of nitrogens with one attached hydrogen (secondary N) is 4. The zero-order chi connectivity index (χ0) is 50.2. The van der Waals surface area contributed by atoms with E-state index < -0.39 is 29.0 Å². The number of ether oxygens (including phenoxy) is 3. The van der Waals surface area contributed by atoms with E-state index in [0.29, 0.717) is 25.9 Å². The first-order chi connectivity index (χ1) is 32.3. The zero-order valence-corrected chi connectivity index (χ0v) is 45.6. The quantitative estimate of drug-likeness (QED) is 0.158. The Morgan fingerprint density at radius 3 is 1.30 bits per heavy atom. The summed E-state index contributed by atoms with van der Waals surface area (Å²) in [5.74, 6) is -0.751. The third-order valence-electron chi connectivity index (χ3n) is 14.7. The molecule has 6 aliphatic rings. The number of alkyl carbamates (subject to hydrolysis) is 2. The summed E-state index contributed by atoms with van der Waals surface area (Å²) < 4.78 is 57.4. The van der Waals surface area contributed by atoms with Crippen molar-refractivity contribution < 1.29 is 74.5 Å². The van der Waals surface area contributed by atoms with Crippen LogP contribution in [-0.2, 0) is 66.2 Å². The van der Waals surface area contributed by atoms with E-state index in [9.17, 15) is 27.6 Å². The second kappa shape index (κ2) is 22.8. The van der Waals surface area contributed by atoms with Gasteiger partial charge in [0.15, 0.2) is 0 Å². The molecule has 12 nitrogen and oxygen atoms in total. The number of nitrogens with two attached hydrogens (primary N) is 1. The van der Waals surface area contributed by atoms with Gasteiger partial charge in [0.25, 0.3) is 0 Å². The Morgan fingerprint density at radius 2 is 0.901 bits per heavy atom. The van der Waals surface area contributed by atoms with Crippen LogP contribution in [0.25, 0.3) is 0 Å². The summed E-state index contributed by atoms with van der Waals surface area (Å²) in [6.45, 7) is 21.4. The Morgan fingerprint density at radius 1 is 0.563 bits per heavy atom. The second-order valence-electron chi connectivity index (χ2n) is 23.3. The van der Waals surface area contributed by atoms with Gasteiger partial charge in [-0.25, -0.2) is 27.6 Å². The third-order valence-corrected chi connectivity index (χ3v) is 14.7. The van der Waals surface area contributed by atoms with Gasteiger partial charge in [-0.3, -0.25) is 0 Å². The smallest absolute Gasteiger partial charge is 0.410 e. The van der Waals surface area contributed by atoms with E-state index in [4.69, 9.17) is 19.9 Å². The number of benzene rings is 3. The molecule has 389 valence electrons. The van der Waals surface area contributed by atoms with Crippen LogP contribution in [0, 0.1) is 33.7 Å². The van der Waals surface area contributed by atoms with E-state index in [-0.39, 0.29) is 98.1 Å². The van der Waals surface area contributed by atoms with Gasteiger partial charge in [-0.15, -0.1) is 0 Å². The number of rotatable bonds is 2. The molecule has 3 saturated heterocycles. The molecule has 3 spiro atoms. The van der Waals surface area contributed by atoms with Crippen molar-refractivity contribution in [3.05, 3.63) is 105 Å². The number of carbonyl (C=O) groups excluding carboxylic acids is 3. The molecule has 3 fully saturated rings. The van der Waals surface area contributed by atoms with Crippen molar-refractivity contribution in [1.29, 1.82) is 0 Å². The molecule has 3 aliphatic heterocycles. The van der Waals surface area contributed by atoms with Gasteiger partial charge in [0, 0.05) is 62.7 Å². The summed E-state index contributed by atoms with van der Waals surface area (Å²) in [5, 5.41) is 12.8. The van der Waals surface area contributed by atoms with Gasteiger partial charge in [-0.2, -0.15) is 0 Å². The number of amides is 3. The number of likely N-dealkylation sites (tertiary alicyclic amines) is 1. The fraction of sp³-hybridized carbons (Fsp3) is 0.618.